The van der Waals surface area contributed by atoms with Crippen LogP contribution in [0.2, 0.25) is 0 Å². The van der Waals surface area contributed by atoms with E-state index in [9.17, 15) is 4.79 Å². The van der Waals surface area contributed by atoms with Crippen molar-refractivity contribution in [1.29, 1.82) is 0 Å². The average molecular weight is 304 g/mol. The SMILES string of the molecule is CC(C)CSc1ccc(C(=O)CCC2CCCCC2)cc1. The summed E-state index contributed by atoms with van der Waals surface area (Å²) in [5.41, 5.74) is 0.889. The molecule has 1 nitrogen and oxygen atoms in total. The van der Waals surface area contributed by atoms with E-state index in [0.717, 1.165) is 30.1 Å². The topological polar surface area (TPSA) is 17.1 Å². The Morgan fingerprint density at radius 2 is 1.81 bits per heavy atom. The average Bonchev–Trinajstić information content (AvgIpc) is 2.52. The van der Waals surface area contributed by atoms with Crippen molar-refractivity contribution in [2.45, 2.75) is 63.7 Å². The molecular weight excluding hydrogens is 276 g/mol. The van der Waals surface area contributed by atoms with Gasteiger partial charge in [0.2, 0.25) is 0 Å². The van der Waals surface area contributed by atoms with Gasteiger partial charge >= 0.3 is 0 Å². The van der Waals surface area contributed by atoms with Crippen molar-refractivity contribution in [3.8, 4) is 0 Å². The van der Waals surface area contributed by atoms with Gasteiger partial charge in [-0.2, -0.15) is 0 Å². The number of ketones is 1. The lowest BCUT2D eigenvalue weighted by atomic mass is 9.85. The Labute approximate surface area is 133 Å². The summed E-state index contributed by atoms with van der Waals surface area (Å²) in [6, 6.07) is 8.21. The monoisotopic (exact) mass is 304 g/mol. The largest absolute Gasteiger partial charge is 0.294 e. The Bertz CT molecular complexity index is 429. The lowest BCUT2D eigenvalue weighted by molar-refractivity contribution is 0.0970. The van der Waals surface area contributed by atoms with E-state index in [2.05, 4.69) is 26.0 Å². The van der Waals surface area contributed by atoms with E-state index < -0.39 is 0 Å². The minimum absolute atomic E-state index is 0.320. The number of Topliss-reactive ketones (excluding diaryl/α,β-unsaturated/α-hetero) is 1. The van der Waals surface area contributed by atoms with Gasteiger partial charge in [0.1, 0.15) is 0 Å². The Hall–Kier alpha value is -0.760. The lowest BCUT2D eigenvalue weighted by Gasteiger charge is -2.20. The number of thioether (sulfide) groups is 1. The van der Waals surface area contributed by atoms with Crippen LogP contribution in [0, 0.1) is 11.8 Å². The first-order valence-corrected chi connectivity index (χ1v) is 9.40. The Morgan fingerprint density at radius 1 is 1.14 bits per heavy atom. The first kappa shape index (κ1) is 16.6. The molecule has 1 fully saturated rings. The molecule has 2 rings (SSSR count). The van der Waals surface area contributed by atoms with Gasteiger partial charge in [0.15, 0.2) is 5.78 Å². The summed E-state index contributed by atoms with van der Waals surface area (Å²) in [4.78, 5) is 13.5. The maximum atomic E-state index is 12.3. The molecule has 116 valence electrons. The minimum atomic E-state index is 0.320. The summed E-state index contributed by atoms with van der Waals surface area (Å²) in [7, 11) is 0. The molecule has 1 aliphatic carbocycles. The van der Waals surface area contributed by atoms with E-state index in [1.54, 1.807) is 0 Å². The number of carbonyl (C=O) groups is 1. The smallest absolute Gasteiger partial charge is 0.162 e. The quantitative estimate of drug-likeness (QED) is 0.455. The Kier molecular flexibility index (Phi) is 6.82. The van der Waals surface area contributed by atoms with Crippen molar-refractivity contribution in [3.05, 3.63) is 29.8 Å². The number of hydrogen-bond donors (Lipinski definition) is 0. The molecule has 0 unspecified atom stereocenters. The van der Waals surface area contributed by atoms with Crippen LogP contribution in [0.4, 0.5) is 0 Å². The normalized spacial score (nSPS) is 16.3. The molecule has 0 bridgehead atoms. The predicted octanol–water partition coefficient (Wildman–Crippen LogP) is 5.98. The summed E-state index contributed by atoms with van der Waals surface area (Å²) >= 11 is 1.87. The second kappa shape index (κ2) is 8.63. The summed E-state index contributed by atoms with van der Waals surface area (Å²) in [6.45, 7) is 4.46. The third kappa shape index (κ3) is 5.86. The molecule has 1 saturated carbocycles. The van der Waals surface area contributed by atoms with E-state index >= 15 is 0 Å². The molecule has 0 radical (unpaired) electrons. The van der Waals surface area contributed by atoms with Crippen molar-refractivity contribution in [1.82, 2.24) is 0 Å². The van der Waals surface area contributed by atoms with Gasteiger partial charge in [-0.05, 0) is 30.4 Å². The molecule has 0 atom stereocenters. The molecule has 0 N–H and O–H groups in total. The van der Waals surface area contributed by atoms with Crippen LogP contribution in [0.5, 0.6) is 0 Å². The van der Waals surface area contributed by atoms with Crippen molar-refractivity contribution in [2.75, 3.05) is 5.75 Å². The zero-order valence-corrected chi connectivity index (χ0v) is 14.3. The predicted molar refractivity (Wildman–Crippen MR) is 92.1 cm³/mol. The van der Waals surface area contributed by atoms with Crippen LogP contribution in [0.3, 0.4) is 0 Å². The summed E-state index contributed by atoms with van der Waals surface area (Å²) in [6.07, 6.45) is 8.59. The zero-order chi connectivity index (χ0) is 15.1. The fraction of sp³-hybridized carbons (Fsp3) is 0.632. The zero-order valence-electron chi connectivity index (χ0n) is 13.4. The molecule has 0 heterocycles. The van der Waals surface area contributed by atoms with Crippen molar-refractivity contribution in [3.63, 3.8) is 0 Å². The van der Waals surface area contributed by atoms with Gasteiger partial charge in [-0.1, -0.05) is 58.1 Å². The van der Waals surface area contributed by atoms with E-state index in [4.69, 9.17) is 0 Å². The number of hydrogen-bond acceptors (Lipinski definition) is 2. The third-order valence-corrected chi connectivity index (χ3v) is 5.70. The van der Waals surface area contributed by atoms with Gasteiger partial charge in [-0.25, -0.2) is 0 Å². The molecule has 1 aliphatic rings. The molecule has 21 heavy (non-hydrogen) atoms. The molecule has 0 aliphatic heterocycles. The summed E-state index contributed by atoms with van der Waals surface area (Å²) < 4.78 is 0. The molecule has 0 amide bonds. The number of carbonyl (C=O) groups excluding carboxylic acids is 1. The fourth-order valence-electron chi connectivity index (χ4n) is 2.96. The minimum Gasteiger partial charge on any atom is -0.294 e. The van der Waals surface area contributed by atoms with Gasteiger partial charge in [0, 0.05) is 22.6 Å². The number of benzene rings is 1. The van der Waals surface area contributed by atoms with E-state index in [1.165, 1.54) is 37.0 Å². The van der Waals surface area contributed by atoms with E-state index in [-0.39, 0.29) is 0 Å². The molecule has 1 aromatic carbocycles. The molecule has 1 aromatic rings. The molecule has 0 saturated heterocycles. The van der Waals surface area contributed by atoms with Crippen LogP contribution in [0.25, 0.3) is 0 Å². The first-order chi connectivity index (χ1) is 10.1. The highest BCUT2D eigenvalue weighted by atomic mass is 32.2. The van der Waals surface area contributed by atoms with Crippen LogP contribution >= 0.6 is 11.8 Å². The Morgan fingerprint density at radius 3 is 2.43 bits per heavy atom. The van der Waals surface area contributed by atoms with Crippen LogP contribution in [0.1, 0.15) is 69.2 Å². The summed E-state index contributed by atoms with van der Waals surface area (Å²) in [5, 5.41) is 0. The van der Waals surface area contributed by atoms with Gasteiger partial charge in [0.25, 0.3) is 0 Å². The fourth-order valence-corrected chi connectivity index (χ4v) is 3.81. The number of rotatable bonds is 7. The Balaban J connectivity index is 1.79. The molecule has 0 spiro atoms. The second-order valence-corrected chi connectivity index (χ2v) is 7.79. The van der Waals surface area contributed by atoms with Crippen molar-refractivity contribution >= 4 is 17.5 Å². The van der Waals surface area contributed by atoms with Gasteiger partial charge in [-0.3, -0.25) is 4.79 Å². The van der Waals surface area contributed by atoms with Crippen LogP contribution in [-0.2, 0) is 0 Å². The van der Waals surface area contributed by atoms with E-state index in [1.807, 2.05) is 23.9 Å². The highest BCUT2D eigenvalue weighted by Crippen LogP contribution is 2.28. The van der Waals surface area contributed by atoms with E-state index in [0.29, 0.717) is 11.7 Å². The van der Waals surface area contributed by atoms with Crippen molar-refractivity contribution in [2.24, 2.45) is 11.8 Å². The van der Waals surface area contributed by atoms with Crippen molar-refractivity contribution < 1.29 is 4.79 Å². The highest BCUT2D eigenvalue weighted by Gasteiger charge is 2.15. The maximum Gasteiger partial charge on any atom is 0.162 e. The molecule has 2 heteroatoms. The highest BCUT2D eigenvalue weighted by molar-refractivity contribution is 7.99. The maximum absolute atomic E-state index is 12.3. The molecule has 0 aromatic heterocycles. The van der Waals surface area contributed by atoms with Crippen LogP contribution in [-0.4, -0.2) is 11.5 Å². The third-order valence-electron chi connectivity index (χ3n) is 4.26. The van der Waals surface area contributed by atoms with Gasteiger partial charge in [-0.15, -0.1) is 11.8 Å². The first-order valence-electron chi connectivity index (χ1n) is 8.41. The standard InChI is InChI=1S/C19H28OS/c1-15(2)14-21-18-11-9-17(10-12-18)19(20)13-8-16-6-4-3-5-7-16/h9-12,15-16H,3-8,13-14H2,1-2H3. The van der Waals surface area contributed by atoms with Crippen LogP contribution in [0.15, 0.2) is 29.2 Å². The van der Waals surface area contributed by atoms with Gasteiger partial charge < -0.3 is 0 Å². The van der Waals surface area contributed by atoms with Gasteiger partial charge in [0.05, 0.1) is 0 Å². The summed E-state index contributed by atoms with van der Waals surface area (Å²) in [5.74, 6) is 2.95. The lowest BCUT2D eigenvalue weighted by Crippen LogP contribution is -2.09. The van der Waals surface area contributed by atoms with Crippen LogP contribution < -0.4 is 0 Å². The molecular formula is C19H28OS. The second-order valence-electron chi connectivity index (χ2n) is 6.70.